The quantitative estimate of drug-likeness (QED) is 0.201. The second-order valence-electron chi connectivity index (χ2n) is 6.87. The molecule has 5 heteroatoms. The minimum Gasteiger partial charge on any atom is -0.457 e. The monoisotopic (exact) mass is 422 g/mol. The number of hydrogen-bond acceptors (Lipinski definition) is 5. The van der Waals surface area contributed by atoms with E-state index >= 15 is 0 Å². The van der Waals surface area contributed by atoms with Crippen molar-refractivity contribution in [3.63, 3.8) is 0 Å². The van der Waals surface area contributed by atoms with Gasteiger partial charge in [-0.1, -0.05) is 36.4 Å². The zero-order valence-corrected chi connectivity index (χ0v) is 16.9. The average molecular weight is 422 g/mol. The van der Waals surface area contributed by atoms with E-state index in [-0.39, 0.29) is 11.1 Å². The van der Waals surface area contributed by atoms with Gasteiger partial charge in [-0.15, -0.1) is 0 Å². The molecule has 4 rings (SSSR count). The van der Waals surface area contributed by atoms with Gasteiger partial charge in [0.2, 0.25) is 11.6 Å². The van der Waals surface area contributed by atoms with Gasteiger partial charge in [0.05, 0.1) is 0 Å². The maximum absolute atomic E-state index is 12.5. The fourth-order valence-electron chi connectivity index (χ4n) is 2.96. The Morgan fingerprint density at radius 2 is 0.719 bits per heavy atom. The predicted octanol–water partition coefficient (Wildman–Crippen LogP) is 5.91. The van der Waals surface area contributed by atoms with Crippen molar-refractivity contribution >= 4 is 17.3 Å². The Hall–Kier alpha value is -4.51. The lowest BCUT2D eigenvalue weighted by Crippen LogP contribution is -2.24. The summed E-state index contributed by atoms with van der Waals surface area (Å²) in [4.78, 5) is 37.4. The molecule has 32 heavy (non-hydrogen) atoms. The number of Topliss-reactive ketones (excluding diaryl/α,β-unsaturated/α-hetero) is 3. The molecule has 0 aliphatic carbocycles. The van der Waals surface area contributed by atoms with Crippen molar-refractivity contribution in [2.75, 3.05) is 0 Å². The van der Waals surface area contributed by atoms with Crippen molar-refractivity contribution < 1.29 is 23.9 Å². The van der Waals surface area contributed by atoms with E-state index in [0.29, 0.717) is 23.0 Å². The Morgan fingerprint density at radius 3 is 1.06 bits per heavy atom. The van der Waals surface area contributed by atoms with Crippen LogP contribution in [0, 0.1) is 0 Å². The minimum absolute atomic E-state index is 0.118. The highest BCUT2D eigenvalue weighted by Crippen LogP contribution is 2.23. The molecule has 5 nitrogen and oxygen atoms in total. The molecule has 0 saturated heterocycles. The first-order valence-corrected chi connectivity index (χ1v) is 9.89. The molecule has 0 amide bonds. The van der Waals surface area contributed by atoms with Gasteiger partial charge in [-0.25, -0.2) is 0 Å². The molecule has 0 aliphatic heterocycles. The van der Waals surface area contributed by atoms with Gasteiger partial charge in [-0.2, -0.15) is 0 Å². The molecule has 0 heterocycles. The van der Waals surface area contributed by atoms with E-state index in [1.54, 1.807) is 48.5 Å². The SMILES string of the molecule is O=C(C(=O)c1ccc(Oc2ccccc2)cc1)C(=O)c1ccc(Oc2ccccc2)cc1. The third-order valence-electron chi connectivity index (χ3n) is 4.60. The molecular weight excluding hydrogens is 404 g/mol. The van der Waals surface area contributed by atoms with E-state index in [2.05, 4.69) is 0 Å². The third-order valence-corrected chi connectivity index (χ3v) is 4.60. The van der Waals surface area contributed by atoms with E-state index in [9.17, 15) is 14.4 Å². The molecule has 156 valence electrons. The summed E-state index contributed by atoms with van der Waals surface area (Å²) in [5.41, 5.74) is 0.237. The van der Waals surface area contributed by atoms with Gasteiger partial charge in [0.25, 0.3) is 5.78 Å². The summed E-state index contributed by atoms with van der Waals surface area (Å²) < 4.78 is 11.3. The fourth-order valence-corrected chi connectivity index (χ4v) is 2.96. The summed E-state index contributed by atoms with van der Waals surface area (Å²) in [6.45, 7) is 0. The zero-order valence-electron chi connectivity index (χ0n) is 16.9. The molecule has 0 fully saturated rings. The largest absolute Gasteiger partial charge is 0.457 e. The molecule has 0 saturated carbocycles. The molecule has 0 atom stereocenters. The normalized spacial score (nSPS) is 10.2. The zero-order chi connectivity index (χ0) is 22.3. The number of rotatable bonds is 8. The highest BCUT2D eigenvalue weighted by molar-refractivity contribution is 6.69. The highest BCUT2D eigenvalue weighted by Gasteiger charge is 2.25. The summed E-state index contributed by atoms with van der Waals surface area (Å²) in [7, 11) is 0. The lowest BCUT2D eigenvalue weighted by atomic mass is 10.00. The standard InChI is InChI=1S/C27H18O5/c28-25(19-11-15-23(16-12-19)31-21-7-3-1-4-8-21)27(30)26(29)20-13-17-24(18-14-20)32-22-9-5-2-6-10-22/h1-18H. The summed E-state index contributed by atoms with van der Waals surface area (Å²) in [5, 5.41) is 0. The maximum Gasteiger partial charge on any atom is 0.273 e. The first-order chi connectivity index (χ1) is 15.6. The summed E-state index contributed by atoms with van der Waals surface area (Å²) >= 11 is 0. The molecule has 0 bridgehead atoms. The van der Waals surface area contributed by atoms with Crippen LogP contribution < -0.4 is 9.47 Å². The van der Waals surface area contributed by atoms with E-state index < -0.39 is 17.3 Å². The van der Waals surface area contributed by atoms with Crippen LogP contribution in [0.25, 0.3) is 0 Å². The molecule has 0 radical (unpaired) electrons. The van der Waals surface area contributed by atoms with Gasteiger partial charge >= 0.3 is 0 Å². The van der Waals surface area contributed by atoms with E-state index in [1.807, 2.05) is 36.4 Å². The summed E-state index contributed by atoms with van der Waals surface area (Å²) in [6.07, 6.45) is 0. The van der Waals surface area contributed by atoms with Crippen LogP contribution in [-0.2, 0) is 4.79 Å². The van der Waals surface area contributed by atoms with Gasteiger partial charge in [0.15, 0.2) is 0 Å². The fraction of sp³-hybridized carbons (Fsp3) is 0. The number of benzene rings is 4. The van der Waals surface area contributed by atoms with Gasteiger partial charge < -0.3 is 9.47 Å². The topological polar surface area (TPSA) is 69.7 Å². The number of carbonyl (C=O) groups excluding carboxylic acids is 3. The van der Waals surface area contributed by atoms with Crippen molar-refractivity contribution in [1.29, 1.82) is 0 Å². The third kappa shape index (κ3) is 4.96. The maximum atomic E-state index is 12.5. The molecule has 4 aromatic carbocycles. The van der Waals surface area contributed by atoms with E-state index in [0.717, 1.165) is 0 Å². The highest BCUT2D eigenvalue weighted by atomic mass is 16.5. The van der Waals surface area contributed by atoms with Gasteiger partial charge in [0, 0.05) is 11.1 Å². The number of hydrogen-bond donors (Lipinski definition) is 0. The van der Waals surface area contributed by atoms with Crippen LogP contribution in [0.1, 0.15) is 20.7 Å². The van der Waals surface area contributed by atoms with Gasteiger partial charge in [-0.3, -0.25) is 14.4 Å². The van der Waals surface area contributed by atoms with Crippen molar-refractivity contribution in [1.82, 2.24) is 0 Å². The van der Waals surface area contributed by atoms with Crippen molar-refractivity contribution in [2.24, 2.45) is 0 Å². The number of para-hydroxylation sites is 2. The Labute approximate surface area is 184 Å². The molecular formula is C27H18O5. The van der Waals surface area contributed by atoms with Gasteiger partial charge in [-0.05, 0) is 72.8 Å². The molecule has 0 N–H and O–H groups in total. The van der Waals surface area contributed by atoms with Crippen LogP contribution in [0.3, 0.4) is 0 Å². The molecule has 0 unspecified atom stereocenters. The number of ketones is 3. The lowest BCUT2D eigenvalue weighted by Gasteiger charge is -2.07. The van der Waals surface area contributed by atoms with E-state index in [1.165, 1.54) is 24.3 Å². The van der Waals surface area contributed by atoms with Crippen molar-refractivity contribution in [2.45, 2.75) is 0 Å². The summed E-state index contributed by atoms with van der Waals surface area (Å²) in [6, 6.07) is 30.5. The molecule has 4 aromatic rings. The number of ether oxygens (including phenoxy) is 2. The smallest absolute Gasteiger partial charge is 0.273 e. The average Bonchev–Trinajstić information content (AvgIpc) is 2.85. The summed E-state index contributed by atoms with van der Waals surface area (Å²) in [5.74, 6) is -0.508. The Kier molecular flexibility index (Phi) is 6.18. The van der Waals surface area contributed by atoms with Crippen LogP contribution in [-0.4, -0.2) is 17.3 Å². The van der Waals surface area contributed by atoms with Crippen molar-refractivity contribution in [3.8, 4) is 23.0 Å². The molecule has 0 aliphatic rings. The van der Waals surface area contributed by atoms with Crippen LogP contribution in [0.2, 0.25) is 0 Å². The van der Waals surface area contributed by atoms with E-state index in [4.69, 9.17) is 9.47 Å². The van der Waals surface area contributed by atoms with Crippen molar-refractivity contribution in [3.05, 3.63) is 120 Å². The Bertz CT molecular complexity index is 1130. The predicted molar refractivity (Wildman–Crippen MR) is 120 cm³/mol. The second kappa shape index (κ2) is 9.53. The first kappa shape index (κ1) is 20.8. The van der Waals surface area contributed by atoms with Crippen LogP contribution in [0.15, 0.2) is 109 Å². The van der Waals surface area contributed by atoms with Crippen LogP contribution >= 0.6 is 0 Å². The van der Waals surface area contributed by atoms with Crippen LogP contribution in [0.4, 0.5) is 0 Å². The second-order valence-corrected chi connectivity index (χ2v) is 6.87. The van der Waals surface area contributed by atoms with Gasteiger partial charge in [0.1, 0.15) is 23.0 Å². The Morgan fingerprint density at radius 1 is 0.406 bits per heavy atom. The minimum atomic E-state index is -1.10. The molecule has 0 spiro atoms. The molecule has 0 aromatic heterocycles. The first-order valence-electron chi connectivity index (χ1n) is 9.89. The lowest BCUT2D eigenvalue weighted by molar-refractivity contribution is -0.111. The van der Waals surface area contributed by atoms with Crippen LogP contribution in [0.5, 0.6) is 23.0 Å². The number of carbonyl (C=O) groups is 3. The Balaban J connectivity index is 1.40.